The van der Waals surface area contributed by atoms with Gasteiger partial charge in [-0.25, -0.2) is 8.42 Å². The zero-order valence-corrected chi connectivity index (χ0v) is 10.4. The molecule has 1 aromatic carbocycles. The molecule has 1 rings (SSSR count). The smallest absolute Gasteiger partial charge is 0.236 e. The van der Waals surface area contributed by atoms with Crippen LogP contribution in [0.3, 0.4) is 0 Å². The van der Waals surface area contributed by atoms with Crippen molar-refractivity contribution < 1.29 is 13.5 Å². The molecule has 0 atom stereocenters. The van der Waals surface area contributed by atoms with Crippen LogP contribution in [-0.4, -0.2) is 13.5 Å². The van der Waals surface area contributed by atoms with Crippen LogP contribution in [0.1, 0.15) is 11.1 Å². The molecule has 0 unspecified atom stereocenters. The Morgan fingerprint density at radius 2 is 2.07 bits per heavy atom. The van der Waals surface area contributed by atoms with Gasteiger partial charge < -0.3 is 5.11 Å². The minimum absolute atomic E-state index is 0.0383. The van der Waals surface area contributed by atoms with Crippen LogP contribution in [0, 0.1) is 6.92 Å². The fourth-order valence-corrected chi connectivity index (χ4v) is 2.65. The molecule has 1 aromatic rings. The molecular formula is C8H8BrClO3S. The van der Waals surface area contributed by atoms with E-state index in [4.69, 9.17) is 10.7 Å². The van der Waals surface area contributed by atoms with Crippen LogP contribution in [0.2, 0.25) is 0 Å². The van der Waals surface area contributed by atoms with Crippen molar-refractivity contribution in [3.05, 3.63) is 27.7 Å². The highest BCUT2D eigenvalue weighted by Crippen LogP contribution is 2.31. The topological polar surface area (TPSA) is 54.4 Å². The molecule has 0 saturated carbocycles. The largest absolute Gasteiger partial charge is 0.507 e. The van der Waals surface area contributed by atoms with E-state index in [9.17, 15) is 13.5 Å². The van der Waals surface area contributed by atoms with Gasteiger partial charge in [-0.3, -0.25) is 0 Å². The summed E-state index contributed by atoms with van der Waals surface area (Å²) < 4.78 is 22.2. The number of hydrogen-bond acceptors (Lipinski definition) is 3. The normalized spacial score (nSPS) is 11.6. The highest BCUT2D eigenvalue weighted by Gasteiger charge is 2.15. The van der Waals surface area contributed by atoms with Crippen LogP contribution in [0.4, 0.5) is 0 Å². The van der Waals surface area contributed by atoms with Gasteiger partial charge in [-0.05, 0) is 18.6 Å². The van der Waals surface area contributed by atoms with Crippen molar-refractivity contribution in [1.29, 1.82) is 0 Å². The first-order valence-corrected chi connectivity index (χ1v) is 6.97. The molecule has 0 aliphatic carbocycles. The molecule has 14 heavy (non-hydrogen) atoms. The molecule has 0 aliphatic rings. The van der Waals surface area contributed by atoms with Gasteiger partial charge in [0.05, 0.1) is 5.75 Å². The van der Waals surface area contributed by atoms with E-state index >= 15 is 0 Å². The third-order valence-electron chi connectivity index (χ3n) is 1.74. The minimum Gasteiger partial charge on any atom is -0.507 e. The van der Waals surface area contributed by atoms with Crippen molar-refractivity contribution in [3.63, 3.8) is 0 Å². The van der Waals surface area contributed by atoms with Gasteiger partial charge in [-0.1, -0.05) is 22.0 Å². The summed E-state index contributed by atoms with van der Waals surface area (Å²) in [4.78, 5) is 0. The number of aromatic hydroxyl groups is 1. The van der Waals surface area contributed by atoms with E-state index in [1.54, 1.807) is 19.1 Å². The summed E-state index contributed by atoms with van der Waals surface area (Å²) in [6.07, 6.45) is 0. The van der Waals surface area contributed by atoms with Gasteiger partial charge in [-0.15, -0.1) is 0 Å². The third kappa shape index (κ3) is 2.87. The highest BCUT2D eigenvalue weighted by molar-refractivity contribution is 9.10. The number of aryl methyl sites for hydroxylation is 1. The maximum atomic E-state index is 10.8. The number of rotatable bonds is 2. The second-order valence-corrected chi connectivity index (χ2v) is 6.51. The first-order valence-electron chi connectivity index (χ1n) is 3.70. The predicted molar refractivity (Wildman–Crippen MR) is 59.0 cm³/mol. The Morgan fingerprint density at radius 1 is 1.50 bits per heavy atom. The Labute approximate surface area is 95.3 Å². The second kappa shape index (κ2) is 4.08. The van der Waals surface area contributed by atoms with Gasteiger partial charge in [0, 0.05) is 20.7 Å². The maximum Gasteiger partial charge on any atom is 0.236 e. The Kier molecular flexibility index (Phi) is 3.44. The van der Waals surface area contributed by atoms with Crippen molar-refractivity contribution in [1.82, 2.24) is 0 Å². The van der Waals surface area contributed by atoms with Crippen molar-refractivity contribution in [2.45, 2.75) is 12.7 Å². The van der Waals surface area contributed by atoms with Crippen molar-refractivity contribution in [2.75, 3.05) is 0 Å². The monoisotopic (exact) mass is 298 g/mol. The Bertz CT molecular complexity index is 456. The molecule has 6 heteroatoms. The molecule has 0 amide bonds. The summed E-state index contributed by atoms with van der Waals surface area (Å²) >= 11 is 3.15. The summed E-state index contributed by atoms with van der Waals surface area (Å²) in [6.45, 7) is 1.69. The van der Waals surface area contributed by atoms with Gasteiger partial charge in [-0.2, -0.15) is 0 Å². The molecule has 0 heterocycles. The van der Waals surface area contributed by atoms with Crippen LogP contribution >= 0.6 is 26.6 Å². The number of phenolic OH excluding ortho intramolecular Hbond substituents is 1. The standard InChI is InChI=1S/C8H8BrClO3S/c1-5-2-3-7(9)6(8(5)11)4-14(10,12)13/h2-3,11H,4H2,1H3. The molecule has 0 aromatic heterocycles. The first-order chi connectivity index (χ1) is 6.31. The molecule has 0 radical (unpaired) electrons. The molecule has 78 valence electrons. The van der Waals surface area contributed by atoms with Gasteiger partial charge >= 0.3 is 0 Å². The quantitative estimate of drug-likeness (QED) is 0.854. The lowest BCUT2D eigenvalue weighted by Crippen LogP contribution is -1.97. The average Bonchev–Trinajstić information content (AvgIpc) is 2.04. The predicted octanol–water partition coefficient (Wildman–Crippen LogP) is 2.53. The molecule has 1 N–H and O–H groups in total. The molecular weight excluding hydrogens is 292 g/mol. The lowest BCUT2D eigenvalue weighted by atomic mass is 10.1. The van der Waals surface area contributed by atoms with Crippen LogP contribution < -0.4 is 0 Å². The third-order valence-corrected chi connectivity index (χ3v) is 3.45. The van der Waals surface area contributed by atoms with Crippen molar-refractivity contribution >= 4 is 35.7 Å². The van der Waals surface area contributed by atoms with Gasteiger partial charge in [0.25, 0.3) is 0 Å². The average molecular weight is 300 g/mol. The zero-order valence-electron chi connectivity index (χ0n) is 7.29. The number of halogens is 2. The van der Waals surface area contributed by atoms with E-state index in [0.717, 1.165) is 0 Å². The summed E-state index contributed by atoms with van der Waals surface area (Å²) in [7, 11) is 1.45. The summed E-state index contributed by atoms with van der Waals surface area (Å²) in [5.74, 6) is -0.425. The van der Waals surface area contributed by atoms with E-state index in [2.05, 4.69) is 15.9 Å². The summed E-state index contributed by atoms with van der Waals surface area (Å²) in [5, 5.41) is 9.59. The summed E-state index contributed by atoms with van der Waals surface area (Å²) in [5.41, 5.74) is 0.906. The van der Waals surface area contributed by atoms with Gasteiger partial charge in [0.1, 0.15) is 5.75 Å². The molecule has 0 saturated heterocycles. The fraction of sp³-hybridized carbons (Fsp3) is 0.250. The SMILES string of the molecule is Cc1ccc(Br)c(CS(=O)(=O)Cl)c1O. The van der Waals surface area contributed by atoms with Gasteiger partial charge in [0.2, 0.25) is 9.05 Å². The van der Waals surface area contributed by atoms with Gasteiger partial charge in [0.15, 0.2) is 0 Å². The van der Waals surface area contributed by atoms with Crippen molar-refractivity contribution in [3.8, 4) is 5.75 Å². The highest BCUT2D eigenvalue weighted by atomic mass is 79.9. The van der Waals surface area contributed by atoms with E-state index in [-0.39, 0.29) is 11.5 Å². The molecule has 3 nitrogen and oxygen atoms in total. The Morgan fingerprint density at radius 3 is 2.57 bits per heavy atom. The molecule has 0 aliphatic heterocycles. The first kappa shape index (κ1) is 11.8. The van der Waals surface area contributed by atoms with E-state index < -0.39 is 9.05 Å². The number of hydrogen-bond donors (Lipinski definition) is 1. The van der Waals surface area contributed by atoms with E-state index in [1.165, 1.54) is 0 Å². The maximum absolute atomic E-state index is 10.8. The lowest BCUT2D eigenvalue weighted by Gasteiger charge is -2.07. The summed E-state index contributed by atoms with van der Waals surface area (Å²) in [6, 6.07) is 3.36. The fourth-order valence-electron chi connectivity index (χ4n) is 1.04. The molecule has 0 fully saturated rings. The van der Waals surface area contributed by atoms with Crippen LogP contribution in [0.15, 0.2) is 16.6 Å². The number of benzene rings is 1. The molecule has 0 spiro atoms. The zero-order chi connectivity index (χ0) is 10.9. The van der Waals surface area contributed by atoms with Crippen molar-refractivity contribution in [2.24, 2.45) is 0 Å². The van der Waals surface area contributed by atoms with Crippen LogP contribution in [0.25, 0.3) is 0 Å². The van der Waals surface area contributed by atoms with E-state index in [1.807, 2.05) is 0 Å². The Hall–Kier alpha value is -0.260. The Balaban J connectivity index is 3.27. The van der Waals surface area contributed by atoms with Crippen LogP contribution in [0.5, 0.6) is 5.75 Å². The number of phenols is 1. The second-order valence-electron chi connectivity index (χ2n) is 2.87. The van der Waals surface area contributed by atoms with Crippen LogP contribution in [-0.2, 0) is 14.8 Å². The van der Waals surface area contributed by atoms with E-state index in [0.29, 0.717) is 15.6 Å². The molecule has 0 bridgehead atoms. The lowest BCUT2D eigenvalue weighted by molar-refractivity contribution is 0.465. The minimum atomic E-state index is -3.66.